The highest BCUT2D eigenvalue weighted by atomic mass is 16.2. The van der Waals surface area contributed by atoms with Crippen molar-refractivity contribution in [3.05, 3.63) is 53.6 Å². The molecule has 0 aliphatic carbocycles. The first-order valence-electron chi connectivity index (χ1n) is 7.28. The lowest BCUT2D eigenvalue weighted by molar-refractivity contribution is -0.123. The molecule has 0 bridgehead atoms. The van der Waals surface area contributed by atoms with Crippen LogP contribution in [0.4, 0.5) is 5.69 Å². The van der Waals surface area contributed by atoms with Gasteiger partial charge in [0.25, 0.3) is 0 Å². The van der Waals surface area contributed by atoms with Crippen molar-refractivity contribution in [3.63, 3.8) is 0 Å². The number of hydrogen-bond acceptors (Lipinski definition) is 1. The number of nitrogens with one attached hydrogen (secondary N) is 1. The summed E-state index contributed by atoms with van der Waals surface area (Å²) in [6.45, 7) is 9.90. The summed E-state index contributed by atoms with van der Waals surface area (Å²) in [6, 6.07) is 14.3. The van der Waals surface area contributed by atoms with E-state index in [9.17, 15) is 4.79 Å². The fourth-order valence-electron chi connectivity index (χ4n) is 2.14. The van der Waals surface area contributed by atoms with Gasteiger partial charge in [-0.2, -0.15) is 0 Å². The Balaban J connectivity index is 2.53. The summed E-state index contributed by atoms with van der Waals surface area (Å²) in [6.07, 6.45) is 0. The van der Waals surface area contributed by atoms with E-state index in [1.54, 1.807) is 0 Å². The fraction of sp³-hybridized carbons (Fsp3) is 0.316. The first-order chi connectivity index (χ1) is 9.80. The van der Waals surface area contributed by atoms with Crippen LogP contribution in [0.15, 0.2) is 42.5 Å². The maximum absolute atomic E-state index is 12.4. The standard InChI is InChI=1S/C19H23NO/c1-13-11-12-16(15-9-7-6-8-10-15)17(14(13)2)20-18(21)19(3,4)5/h6-12H,1-5H3,(H,20,21). The normalized spacial score (nSPS) is 11.3. The number of anilines is 1. The van der Waals surface area contributed by atoms with Gasteiger partial charge in [0, 0.05) is 11.0 Å². The van der Waals surface area contributed by atoms with Crippen molar-refractivity contribution in [1.29, 1.82) is 0 Å². The van der Waals surface area contributed by atoms with E-state index in [1.807, 2.05) is 39.0 Å². The zero-order chi connectivity index (χ0) is 15.6. The third-order valence-corrected chi connectivity index (χ3v) is 3.74. The predicted octanol–water partition coefficient (Wildman–Crippen LogP) is 4.96. The highest BCUT2D eigenvalue weighted by molar-refractivity contribution is 5.99. The Morgan fingerprint density at radius 3 is 2.14 bits per heavy atom. The van der Waals surface area contributed by atoms with Crippen molar-refractivity contribution in [1.82, 2.24) is 0 Å². The maximum Gasteiger partial charge on any atom is 0.229 e. The smallest absolute Gasteiger partial charge is 0.229 e. The molecular weight excluding hydrogens is 258 g/mol. The first kappa shape index (κ1) is 15.3. The van der Waals surface area contributed by atoms with Crippen LogP contribution in [0.3, 0.4) is 0 Å². The minimum Gasteiger partial charge on any atom is -0.325 e. The van der Waals surface area contributed by atoms with Crippen LogP contribution in [0.2, 0.25) is 0 Å². The first-order valence-corrected chi connectivity index (χ1v) is 7.28. The minimum absolute atomic E-state index is 0.0355. The third kappa shape index (κ3) is 3.33. The average Bonchev–Trinajstić information content (AvgIpc) is 2.44. The van der Waals surface area contributed by atoms with Crippen LogP contribution in [0.25, 0.3) is 11.1 Å². The second-order valence-corrected chi connectivity index (χ2v) is 6.50. The Kier molecular flexibility index (Phi) is 4.17. The summed E-state index contributed by atoms with van der Waals surface area (Å²) in [5.41, 5.74) is 4.99. The highest BCUT2D eigenvalue weighted by Crippen LogP contribution is 2.33. The summed E-state index contributed by atoms with van der Waals surface area (Å²) in [4.78, 5) is 12.4. The predicted molar refractivity (Wildman–Crippen MR) is 89.4 cm³/mol. The van der Waals surface area contributed by atoms with Gasteiger partial charge in [0.05, 0.1) is 5.69 Å². The number of aryl methyl sites for hydroxylation is 1. The van der Waals surface area contributed by atoms with Crippen LogP contribution in [-0.2, 0) is 4.79 Å². The van der Waals surface area contributed by atoms with E-state index in [4.69, 9.17) is 0 Å². The van der Waals surface area contributed by atoms with Gasteiger partial charge in [0.1, 0.15) is 0 Å². The monoisotopic (exact) mass is 281 g/mol. The fourth-order valence-corrected chi connectivity index (χ4v) is 2.14. The van der Waals surface area contributed by atoms with E-state index >= 15 is 0 Å². The molecule has 1 N–H and O–H groups in total. The van der Waals surface area contributed by atoms with Crippen LogP contribution < -0.4 is 5.32 Å². The van der Waals surface area contributed by atoms with E-state index < -0.39 is 5.41 Å². The Hall–Kier alpha value is -2.09. The molecule has 0 saturated heterocycles. The lowest BCUT2D eigenvalue weighted by Crippen LogP contribution is -2.28. The van der Waals surface area contributed by atoms with E-state index in [0.29, 0.717) is 0 Å². The molecule has 1 amide bonds. The Morgan fingerprint density at radius 1 is 0.952 bits per heavy atom. The second kappa shape index (κ2) is 5.72. The molecule has 0 aliphatic heterocycles. The van der Waals surface area contributed by atoms with Crippen molar-refractivity contribution in [2.75, 3.05) is 5.32 Å². The zero-order valence-corrected chi connectivity index (χ0v) is 13.4. The van der Waals surface area contributed by atoms with Crippen LogP contribution >= 0.6 is 0 Å². The van der Waals surface area contributed by atoms with Gasteiger partial charge in [-0.25, -0.2) is 0 Å². The molecule has 0 heterocycles. The van der Waals surface area contributed by atoms with Gasteiger partial charge in [-0.1, -0.05) is 63.2 Å². The van der Waals surface area contributed by atoms with Gasteiger partial charge >= 0.3 is 0 Å². The molecule has 0 fully saturated rings. The number of carbonyl (C=O) groups is 1. The van der Waals surface area contributed by atoms with Crippen molar-refractivity contribution in [2.24, 2.45) is 5.41 Å². The lowest BCUT2D eigenvalue weighted by Gasteiger charge is -2.22. The van der Waals surface area contributed by atoms with Gasteiger partial charge in [-0.15, -0.1) is 0 Å². The van der Waals surface area contributed by atoms with Gasteiger partial charge in [-0.3, -0.25) is 4.79 Å². The average molecular weight is 281 g/mol. The summed E-state index contributed by atoms with van der Waals surface area (Å²) >= 11 is 0. The molecule has 2 heteroatoms. The van der Waals surface area contributed by atoms with Crippen LogP contribution in [0.1, 0.15) is 31.9 Å². The second-order valence-electron chi connectivity index (χ2n) is 6.50. The van der Waals surface area contributed by atoms with Crippen LogP contribution in [-0.4, -0.2) is 5.91 Å². The van der Waals surface area contributed by atoms with Crippen molar-refractivity contribution in [3.8, 4) is 11.1 Å². The molecular formula is C19H23NO. The zero-order valence-electron chi connectivity index (χ0n) is 13.4. The molecule has 0 radical (unpaired) electrons. The third-order valence-electron chi connectivity index (χ3n) is 3.74. The number of carbonyl (C=O) groups excluding carboxylic acids is 1. The van der Waals surface area contributed by atoms with Gasteiger partial charge in [-0.05, 0) is 30.5 Å². The van der Waals surface area contributed by atoms with E-state index in [2.05, 4.69) is 43.4 Å². The SMILES string of the molecule is Cc1ccc(-c2ccccc2)c(NC(=O)C(C)(C)C)c1C. The molecule has 0 saturated carbocycles. The molecule has 0 spiro atoms. The van der Waals surface area contributed by atoms with Gasteiger partial charge in [0.2, 0.25) is 5.91 Å². The molecule has 0 aliphatic rings. The molecule has 2 aromatic rings. The van der Waals surface area contributed by atoms with Gasteiger partial charge < -0.3 is 5.32 Å². The topological polar surface area (TPSA) is 29.1 Å². The Morgan fingerprint density at radius 2 is 1.57 bits per heavy atom. The summed E-state index contributed by atoms with van der Waals surface area (Å²) in [5, 5.41) is 3.12. The van der Waals surface area contributed by atoms with E-state index in [0.717, 1.165) is 22.4 Å². The van der Waals surface area contributed by atoms with Crippen LogP contribution in [0, 0.1) is 19.3 Å². The summed E-state index contributed by atoms with van der Waals surface area (Å²) in [7, 11) is 0. The number of rotatable bonds is 2. The maximum atomic E-state index is 12.4. The lowest BCUT2D eigenvalue weighted by atomic mass is 9.93. The quantitative estimate of drug-likeness (QED) is 0.828. The molecule has 110 valence electrons. The molecule has 2 nitrogen and oxygen atoms in total. The Labute approximate surface area is 127 Å². The summed E-state index contributed by atoms with van der Waals surface area (Å²) < 4.78 is 0. The largest absolute Gasteiger partial charge is 0.325 e. The number of benzene rings is 2. The van der Waals surface area contributed by atoms with Crippen molar-refractivity contribution in [2.45, 2.75) is 34.6 Å². The van der Waals surface area contributed by atoms with Crippen molar-refractivity contribution < 1.29 is 4.79 Å². The number of hydrogen-bond donors (Lipinski definition) is 1. The molecule has 2 rings (SSSR count). The molecule has 21 heavy (non-hydrogen) atoms. The molecule has 2 aromatic carbocycles. The highest BCUT2D eigenvalue weighted by Gasteiger charge is 2.23. The molecule has 0 unspecified atom stereocenters. The molecule has 0 aromatic heterocycles. The number of amides is 1. The molecule has 0 atom stereocenters. The van der Waals surface area contributed by atoms with E-state index in [-0.39, 0.29) is 5.91 Å². The summed E-state index contributed by atoms with van der Waals surface area (Å²) in [5.74, 6) is 0.0355. The minimum atomic E-state index is -0.413. The van der Waals surface area contributed by atoms with Crippen LogP contribution in [0.5, 0.6) is 0 Å². The van der Waals surface area contributed by atoms with Crippen molar-refractivity contribution >= 4 is 11.6 Å². The Bertz CT molecular complexity index is 651. The van der Waals surface area contributed by atoms with E-state index in [1.165, 1.54) is 5.56 Å². The van der Waals surface area contributed by atoms with Gasteiger partial charge in [0.15, 0.2) is 0 Å².